The zero-order valence-corrected chi connectivity index (χ0v) is 35.8. The number of likely N-dealkylation sites (tertiary alicyclic amines) is 1. The Morgan fingerprint density at radius 2 is 1.66 bits per heavy atom. The third-order valence-corrected chi connectivity index (χ3v) is 11.7. The van der Waals surface area contributed by atoms with E-state index in [1.807, 2.05) is 32.0 Å². The number of H-pyrrole nitrogens is 1. The number of aliphatic hydroxyl groups excluding tert-OH is 1. The molecule has 0 bridgehead atoms. The smallest absolute Gasteiger partial charge is 0.394 e. The molecule has 16 nitrogen and oxygen atoms in total. The standard InChI is InChI=1S/C42H64N5O11P/c1-29(2)21-36(45-42(54)38-18-14-19-47(38)31(4)50)39(51)23-33(22-35-25-43-28-44-35)41(53)46-37(27-49)40(52)24-34(26-48)30(3)58-59(55,56)57-20-13-8-6-5-7-10-15-32-16-11-9-12-17-32/h9,11-12,16-17,25-26,28-30,33-34,36-38,49H,5-8,10,13-15,18-24,27H2,1-4H3,(H,43,44)(H,45,54)(H,46,53)(H,55,56)/t30-,33-,34-,36+,37+,38+/m1/s1. The van der Waals surface area contributed by atoms with Crippen molar-refractivity contribution in [2.24, 2.45) is 17.8 Å². The fraction of sp³-hybridized carbons (Fsp3) is 0.643. The molecule has 7 atom stereocenters. The summed E-state index contributed by atoms with van der Waals surface area (Å²) in [6.45, 7) is 6.10. The van der Waals surface area contributed by atoms with Gasteiger partial charge in [-0.1, -0.05) is 69.9 Å². The molecule has 0 aliphatic carbocycles. The summed E-state index contributed by atoms with van der Waals surface area (Å²) in [6.07, 6.45) is 9.13. The maximum atomic E-state index is 13.8. The number of imidazole rings is 1. The summed E-state index contributed by atoms with van der Waals surface area (Å²) in [4.78, 5) is 97.0. The van der Waals surface area contributed by atoms with E-state index in [-0.39, 0.29) is 37.7 Å². The third-order valence-electron chi connectivity index (χ3n) is 10.6. The minimum absolute atomic E-state index is 0.00731. The Kier molecular flexibility index (Phi) is 21.3. The average Bonchev–Trinajstić information content (AvgIpc) is 3.91. The van der Waals surface area contributed by atoms with E-state index in [9.17, 15) is 43.3 Å². The highest BCUT2D eigenvalue weighted by Gasteiger charge is 2.37. The second-order valence-corrected chi connectivity index (χ2v) is 17.3. The van der Waals surface area contributed by atoms with Gasteiger partial charge in [-0.15, -0.1) is 0 Å². The molecule has 2 heterocycles. The van der Waals surface area contributed by atoms with E-state index in [0.29, 0.717) is 37.8 Å². The molecule has 59 heavy (non-hydrogen) atoms. The summed E-state index contributed by atoms with van der Waals surface area (Å²) in [5.41, 5.74) is 1.83. The lowest BCUT2D eigenvalue weighted by atomic mass is 9.89. The summed E-state index contributed by atoms with van der Waals surface area (Å²) in [5, 5.41) is 15.5. The highest BCUT2D eigenvalue weighted by molar-refractivity contribution is 7.47. The quantitative estimate of drug-likeness (QED) is 0.0435. The zero-order valence-electron chi connectivity index (χ0n) is 34.9. The van der Waals surface area contributed by atoms with Gasteiger partial charge in [-0.2, -0.15) is 0 Å². The molecule has 1 aliphatic heterocycles. The highest BCUT2D eigenvalue weighted by Crippen LogP contribution is 2.46. The zero-order chi connectivity index (χ0) is 43.4. The number of hydrogen-bond acceptors (Lipinski definition) is 11. The third kappa shape index (κ3) is 17.6. The fourth-order valence-corrected chi connectivity index (χ4v) is 8.23. The van der Waals surface area contributed by atoms with Crippen LogP contribution in [0.5, 0.6) is 0 Å². The molecule has 328 valence electrons. The molecule has 0 spiro atoms. The van der Waals surface area contributed by atoms with Gasteiger partial charge in [-0.3, -0.25) is 33.0 Å². The van der Waals surface area contributed by atoms with Crippen molar-refractivity contribution in [3.8, 4) is 0 Å². The molecule has 1 aromatic heterocycles. The summed E-state index contributed by atoms with van der Waals surface area (Å²) < 4.78 is 23.0. The van der Waals surface area contributed by atoms with Gasteiger partial charge >= 0.3 is 7.82 Å². The summed E-state index contributed by atoms with van der Waals surface area (Å²) in [7, 11) is -4.58. The topological polar surface area (TPSA) is 234 Å². The first-order valence-electron chi connectivity index (χ1n) is 20.8. The van der Waals surface area contributed by atoms with Crippen LogP contribution in [0.3, 0.4) is 0 Å². The van der Waals surface area contributed by atoms with Crippen molar-refractivity contribution in [2.45, 2.75) is 135 Å². The van der Waals surface area contributed by atoms with Crippen molar-refractivity contribution in [1.29, 1.82) is 0 Å². The summed E-state index contributed by atoms with van der Waals surface area (Å²) >= 11 is 0. The normalized spacial score (nSPS) is 17.7. The molecule has 17 heteroatoms. The van der Waals surface area contributed by atoms with E-state index < -0.39 is 80.3 Å². The van der Waals surface area contributed by atoms with Crippen molar-refractivity contribution in [1.82, 2.24) is 25.5 Å². The van der Waals surface area contributed by atoms with Gasteiger partial charge < -0.3 is 35.3 Å². The molecule has 1 aromatic carbocycles. The minimum Gasteiger partial charge on any atom is -0.394 e. The lowest BCUT2D eigenvalue weighted by Crippen LogP contribution is -2.52. The maximum absolute atomic E-state index is 13.8. The molecule has 1 aliphatic rings. The number of ketones is 2. The number of nitrogens with zero attached hydrogens (tertiary/aromatic N) is 2. The highest BCUT2D eigenvalue weighted by atomic mass is 31.2. The van der Waals surface area contributed by atoms with Crippen LogP contribution in [-0.4, -0.2) is 104 Å². The first-order chi connectivity index (χ1) is 28.1. The number of nitrogens with one attached hydrogen (secondary N) is 3. The van der Waals surface area contributed by atoms with Crippen LogP contribution in [0.25, 0.3) is 0 Å². The van der Waals surface area contributed by atoms with Gasteiger partial charge in [-0.25, -0.2) is 9.55 Å². The largest absolute Gasteiger partial charge is 0.472 e. The van der Waals surface area contributed by atoms with Crippen LogP contribution in [0, 0.1) is 17.8 Å². The van der Waals surface area contributed by atoms with Crippen LogP contribution in [0.2, 0.25) is 0 Å². The minimum atomic E-state index is -4.58. The molecule has 1 saturated heterocycles. The van der Waals surface area contributed by atoms with Gasteiger partial charge in [0.2, 0.25) is 17.7 Å². The first kappa shape index (κ1) is 49.3. The number of aromatic nitrogens is 2. The van der Waals surface area contributed by atoms with Crippen molar-refractivity contribution in [3.05, 3.63) is 54.1 Å². The van der Waals surface area contributed by atoms with Crippen LogP contribution < -0.4 is 10.6 Å². The van der Waals surface area contributed by atoms with Crippen LogP contribution in [0.1, 0.15) is 110 Å². The number of aldehydes is 1. The molecule has 3 rings (SSSR count). The molecule has 2 aromatic rings. The van der Waals surface area contributed by atoms with E-state index in [4.69, 9.17) is 9.05 Å². The fourth-order valence-electron chi connectivity index (χ4n) is 7.23. The Bertz CT molecular complexity index is 1680. The van der Waals surface area contributed by atoms with Crippen molar-refractivity contribution in [3.63, 3.8) is 0 Å². The number of phosphoric acid groups is 1. The van der Waals surface area contributed by atoms with Gasteiger partial charge in [0, 0.05) is 50.5 Å². The number of unbranched alkanes of at least 4 members (excludes halogenated alkanes) is 5. The van der Waals surface area contributed by atoms with Gasteiger partial charge in [0.25, 0.3) is 0 Å². The Balaban J connectivity index is 1.53. The van der Waals surface area contributed by atoms with Gasteiger partial charge in [-0.05, 0) is 56.9 Å². The molecular formula is C42H64N5O11P. The summed E-state index contributed by atoms with van der Waals surface area (Å²) in [5.74, 6) is -4.86. The summed E-state index contributed by atoms with van der Waals surface area (Å²) in [6, 6.07) is 7.15. The number of hydrogen-bond donors (Lipinski definition) is 5. The lowest BCUT2D eigenvalue weighted by Gasteiger charge is -2.27. The molecule has 0 radical (unpaired) electrons. The second-order valence-electron chi connectivity index (χ2n) is 15.9. The Morgan fingerprint density at radius 1 is 0.983 bits per heavy atom. The predicted molar refractivity (Wildman–Crippen MR) is 220 cm³/mol. The van der Waals surface area contributed by atoms with Crippen molar-refractivity contribution < 1.29 is 52.4 Å². The number of amides is 3. The monoisotopic (exact) mass is 845 g/mol. The van der Waals surface area contributed by atoms with E-state index in [1.165, 1.54) is 36.8 Å². The molecular weight excluding hydrogens is 781 g/mol. The number of phosphoric ester groups is 1. The van der Waals surface area contributed by atoms with Crippen molar-refractivity contribution in [2.75, 3.05) is 19.8 Å². The molecule has 5 N–H and O–H groups in total. The van der Waals surface area contributed by atoms with Crippen LogP contribution in [0.15, 0.2) is 42.9 Å². The number of benzene rings is 1. The Hall–Kier alpha value is -4.08. The van der Waals surface area contributed by atoms with Gasteiger partial charge in [0.15, 0.2) is 11.6 Å². The van der Waals surface area contributed by atoms with Crippen LogP contribution in [-0.2, 0) is 55.2 Å². The maximum Gasteiger partial charge on any atom is 0.472 e. The first-order valence-corrected chi connectivity index (χ1v) is 22.3. The number of aliphatic hydroxyl groups is 1. The van der Waals surface area contributed by atoms with E-state index in [1.54, 1.807) is 0 Å². The van der Waals surface area contributed by atoms with E-state index in [2.05, 4.69) is 32.7 Å². The average molecular weight is 846 g/mol. The van der Waals surface area contributed by atoms with E-state index >= 15 is 0 Å². The lowest BCUT2D eigenvalue weighted by molar-refractivity contribution is -0.138. The SMILES string of the molecule is CC(=O)N1CCC[C@H]1C(=O)N[C@@H](CC(C)C)C(=O)C[C@@H](Cc1cnc[nH]1)C(=O)N[C@@H](CO)C(=O)C[C@H](C=O)[C@@H](C)OP(=O)(O)OCCCCCCCCc1ccccc1. The number of rotatable bonds is 29. The van der Waals surface area contributed by atoms with Crippen LogP contribution in [0.4, 0.5) is 0 Å². The predicted octanol–water partition coefficient (Wildman–Crippen LogP) is 4.43. The number of aryl methyl sites for hydroxylation is 1. The molecule has 1 unspecified atom stereocenters. The second kappa shape index (κ2) is 25.5. The number of carbonyl (C=O) groups is 6. The van der Waals surface area contributed by atoms with Crippen molar-refractivity contribution >= 4 is 43.4 Å². The number of aromatic amines is 1. The Morgan fingerprint density at radius 3 is 2.29 bits per heavy atom. The van der Waals surface area contributed by atoms with Gasteiger partial charge in [0.1, 0.15) is 18.4 Å². The number of Topliss-reactive ketones (excluding diaryl/α,β-unsaturated/α-hetero) is 2. The molecule has 0 saturated carbocycles. The molecule has 1 fully saturated rings. The number of carbonyl (C=O) groups excluding carboxylic acids is 6. The molecule has 3 amide bonds. The van der Waals surface area contributed by atoms with E-state index in [0.717, 1.165) is 38.5 Å². The Labute approximate surface area is 347 Å². The van der Waals surface area contributed by atoms with Crippen LogP contribution >= 0.6 is 7.82 Å². The van der Waals surface area contributed by atoms with Gasteiger partial charge in [0.05, 0.1) is 37.6 Å².